The number of benzene rings is 1. The molecular formula is C18H21N3O5. The lowest BCUT2D eigenvalue weighted by Gasteiger charge is -2.20. The summed E-state index contributed by atoms with van der Waals surface area (Å²) in [6.07, 6.45) is 5.33. The Bertz CT molecular complexity index is 711. The van der Waals surface area contributed by atoms with Gasteiger partial charge in [0.15, 0.2) is 6.04 Å². The summed E-state index contributed by atoms with van der Waals surface area (Å²) in [5, 5.41) is 16.3. The summed E-state index contributed by atoms with van der Waals surface area (Å²) >= 11 is 0. The summed E-state index contributed by atoms with van der Waals surface area (Å²) in [5.41, 5.74) is 0.723. The van der Waals surface area contributed by atoms with Crippen LogP contribution >= 0.6 is 0 Å². The van der Waals surface area contributed by atoms with Crippen molar-refractivity contribution in [1.82, 2.24) is 16.0 Å². The van der Waals surface area contributed by atoms with Crippen molar-refractivity contribution < 1.29 is 24.3 Å². The van der Waals surface area contributed by atoms with Crippen LogP contribution in [0.25, 0.3) is 0 Å². The molecule has 0 radical (unpaired) electrons. The third-order valence-corrected chi connectivity index (χ3v) is 3.43. The molecule has 0 spiro atoms. The van der Waals surface area contributed by atoms with E-state index < -0.39 is 41.8 Å². The Morgan fingerprint density at radius 2 is 1.69 bits per heavy atom. The van der Waals surface area contributed by atoms with Gasteiger partial charge in [-0.05, 0) is 12.5 Å². The average molecular weight is 359 g/mol. The number of rotatable bonds is 8. The SMILES string of the molecule is C#C[C@@H](NC(=O)[C@H](C)NC(C)=O)C(=O)N[C@@H](Cc1ccccc1)C(=O)O. The number of nitrogens with one attached hydrogen (secondary N) is 3. The van der Waals surface area contributed by atoms with E-state index in [-0.39, 0.29) is 6.42 Å². The minimum absolute atomic E-state index is 0.0649. The molecule has 0 aliphatic heterocycles. The van der Waals surface area contributed by atoms with Gasteiger partial charge in [-0.25, -0.2) is 4.79 Å². The van der Waals surface area contributed by atoms with Gasteiger partial charge < -0.3 is 21.1 Å². The van der Waals surface area contributed by atoms with Gasteiger partial charge in [0.2, 0.25) is 11.8 Å². The maximum atomic E-state index is 12.2. The van der Waals surface area contributed by atoms with Gasteiger partial charge in [0.1, 0.15) is 12.1 Å². The second kappa shape index (κ2) is 9.84. The predicted molar refractivity (Wildman–Crippen MR) is 93.8 cm³/mol. The molecule has 0 aliphatic carbocycles. The van der Waals surface area contributed by atoms with E-state index >= 15 is 0 Å². The number of carboxylic acid groups (broad SMARTS) is 1. The summed E-state index contributed by atoms with van der Waals surface area (Å²) in [6, 6.07) is 5.30. The molecular weight excluding hydrogens is 338 g/mol. The summed E-state index contributed by atoms with van der Waals surface area (Å²) in [5.74, 6) is -1.02. The Kier molecular flexibility index (Phi) is 7.83. The molecule has 8 nitrogen and oxygen atoms in total. The van der Waals surface area contributed by atoms with Crippen LogP contribution in [0.4, 0.5) is 0 Å². The minimum Gasteiger partial charge on any atom is -0.480 e. The third kappa shape index (κ3) is 6.65. The van der Waals surface area contributed by atoms with Crippen LogP contribution in [0.3, 0.4) is 0 Å². The largest absolute Gasteiger partial charge is 0.480 e. The molecule has 0 unspecified atom stereocenters. The van der Waals surface area contributed by atoms with Crippen molar-refractivity contribution in [2.24, 2.45) is 0 Å². The van der Waals surface area contributed by atoms with E-state index in [1.807, 2.05) is 0 Å². The number of aliphatic carboxylic acids is 1. The number of amides is 3. The van der Waals surface area contributed by atoms with Gasteiger partial charge in [-0.2, -0.15) is 0 Å². The van der Waals surface area contributed by atoms with E-state index in [4.69, 9.17) is 6.42 Å². The topological polar surface area (TPSA) is 125 Å². The standard InChI is InChI=1S/C18H21N3O5/c1-4-14(20-16(23)11(2)19-12(3)22)17(24)21-15(18(25)26)10-13-8-6-5-7-9-13/h1,5-9,11,14-15H,10H2,2-3H3,(H,19,22)(H,20,23)(H,21,24)(H,25,26)/t11-,14+,15-/m0/s1. The van der Waals surface area contributed by atoms with Crippen molar-refractivity contribution in [3.63, 3.8) is 0 Å². The van der Waals surface area contributed by atoms with Crippen LogP contribution in [0.2, 0.25) is 0 Å². The smallest absolute Gasteiger partial charge is 0.326 e. The first-order chi connectivity index (χ1) is 12.2. The van der Waals surface area contributed by atoms with Gasteiger partial charge in [-0.1, -0.05) is 36.3 Å². The zero-order chi connectivity index (χ0) is 19.7. The lowest BCUT2D eigenvalue weighted by molar-refractivity contribution is -0.142. The quantitative estimate of drug-likeness (QED) is 0.463. The molecule has 0 saturated heterocycles. The van der Waals surface area contributed by atoms with Crippen molar-refractivity contribution in [3.8, 4) is 12.3 Å². The van der Waals surface area contributed by atoms with Crippen LogP contribution in [-0.4, -0.2) is 46.9 Å². The van der Waals surface area contributed by atoms with Crippen LogP contribution in [-0.2, 0) is 25.6 Å². The molecule has 1 rings (SSSR count). The van der Waals surface area contributed by atoms with E-state index in [1.54, 1.807) is 30.3 Å². The van der Waals surface area contributed by atoms with E-state index in [9.17, 15) is 24.3 Å². The van der Waals surface area contributed by atoms with Crippen molar-refractivity contribution in [2.45, 2.75) is 38.4 Å². The molecule has 138 valence electrons. The third-order valence-electron chi connectivity index (χ3n) is 3.43. The van der Waals surface area contributed by atoms with Gasteiger partial charge in [-0.3, -0.25) is 14.4 Å². The highest BCUT2D eigenvalue weighted by Gasteiger charge is 2.26. The van der Waals surface area contributed by atoms with Crippen molar-refractivity contribution >= 4 is 23.7 Å². The van der Waals surface area contributed by atoms with Gasteiger partial charge in [-0.15, -0.1) is 6.42 Å². The van der Waals surface area contributed by atoms with Crippen LogP contribution < -0.4 is 16.0 Å². The highest BCUT2D eigenvalue weighted by molar-refractivity contribution is 5.94. The highest BCUT2D eigenvalue weighted by atomic mass is 16.4. The predicted octanol–water partition coefficient (Wildman–Crippen LogP) is -0.559. The Hall–Kier alpha value is -3.34. The number of carbonyl (C=O) groups excluding carboxylic acids is 3. The molecule has 4 N–H and O–H groups in total. The minimum atomic E-state index is -1.36. The molecule has 0 fully saturated rings. The first-order valence-electron chi connectivity index (χ1n) is 7.85. The van der Waals surface area contributed by atoms with Crippen molar-refractivity contribution in [3.05, 3.63) is 35.9 Å². The fraction of sp³-hybridized carbons (Fsp3) is 0.333. The maximum Gasteiger partial charge on any atom is 0.326 e. The fourth-order valence-corrected chi connectivity index (χ4v) is 2.13. The molecule has 1 aromatic rings. The number of carbonyl (C=O) groups is 4. The van der Waals surface area contributed by atoms with Gasteiger partial charge in [0.05, 0.1) is 0 Å². The zero-order valence-corrected chi connectivity index (χ0v) is 14.5. The Labute approximate surface area is 151 Å². The first-order valence-corrected chi connectivity index (χ1v) is 7.85. The summed E-state index contributed by atoms with van der Waals surface area (Å²) in [4.78, 5) is 46.6. The van der Waals surface area contributed by atoms with Gasteiger partial charge >= 0.3 is 5.97 Å². The van der Waals surface area contributed by atoms with Crippen LogP contribution in [0.5, 0.6) is 0 Å². The van der Waals surface area contributed by atoms with E-state index in [2.05, 4.69) is 21.9 Å². The van der Waals surface area contributed by atoms with Crippen LogP contribution in [0, 0.1) is 12.3 Å². The van der Waals surface area contributed by atoms with E-state index in [0.717, 1.165) is 5.56 Å². The number of hydrogen-bond acceptors (Lipinski definition) is 4. The fourth-order valence-electron chi connectivity index (χ4n) is 2.13. The molecule has 26 heavy (non-hydrogen) atoms. The molecule has 0 heterocycles. The maximum absolute atomic E-state index is 12.2. The zero-order valence-electron chi connectivity index (χ0n) is 14.5. The molecule has 1 aromatic carbocycles. The molecule has 0 bridgehead atoms. The Morgan fingerprint density at radius 1 is 1.08 bits per heavy atom. The lowest BCUT2D eigenvalue weighted by atomic mass is 10.1. The van der Waals surface area contributed by atoms with E-state index in [0.29, 0.717) is 0 Å². The Morgan fingerprint density at radius 3 is 2.19 bits per heavy atom. The second-order valence-corrected chi connectivity index (χ2v) is 5.62. The lowest BCUT2D eigenvalue weighted by Crippen LogP contribution is -2.54. The summed E-state index contributed by atoms with van der Waals surface area (Å²) in [6.45, 7) is 2.67. The number of hydrogen-bond donors (Lipinski definition) is 4. The van der Waals surface area contributed by atoms with Gasteiger partial charge in [0, 0.05) is 13.3 Å². The number of terminal acetylenes is 1. The normalized spacial score (nSPS) is 13.4. The number of carboxylic acids is 1. The average Bonchev–Trinajstić information content (AvgIpc) is 2.58. The molecule has 3 atom stereocenters. The van der Waals surface area contributed by atoms with Crippen LogP contribution in [0.1, 0.15) is 19.4 Å². The molecule has 0 aromatic heterocycles. The Balaban J connectivity index is 2.73. The summed E-state index contributed by atoms with van der Waals surface area (Å²) in [7, 11) is 0. The van der Waals surface area contributed by atoms with E-state index in [1.165, 1.54) is 13.8 Å². The highest BCUT2D eigenvalue weighted by Crippen LogP contribution is 2.04. The van der Waals surface area contributed by atoms with Crippen molar-refractivity contribution in [2.75, 3.05) is 0 Å². The monoisotopic (exact) mass is 359 g/mol. The molecule has 3 amide bonds. The molecule has 0 saturated carbocycles. The second-order valence-electron chi connectivity index (χ2n) is 5.62. The van der Waals surface area contributed by atoms with Crippen LogP contribution in [0.15, 0.2) is 30.3 Å². The molecule has 0 aliphatic rings. The summed E-state index contributed by atoms with van der Waals surface area (Å²) < 4.78 is 0. The molecule has 8 heteroatoms. The van der Waals surface area contributed by atoms with Crippen molar-refractivity contribution in [1.29, 1.82) is 0 Å². The van der Waals surface area contributed by atoms with Gasteiger partial charge in [0.25, 0.3) is 5.91 Å². The first kappa shape index (κ1) is 20.7.